The Hall–Kier alpha value is -3.87. The zero-order valence-corrected chi connectivity index (χ0v) is 17.8. The summed E-state index contributed by atoms with van der Waals surface area (Å²) < 4.78 is 83.3. The Labute approximate surface area is 193 Å². The van der Waals surface area contributed by atoms with Crippen LogP contribution in [0.5, 0.6) is 0 Å². The monoisotopic (exact) mass is 496 g/mol. The number of hydrogen-bond donors (Lipinski definition) is 2. The summed E-state index contributed by atoms with van der Waals surface area (Å²) in [7, 11) is 0. The normalized spacial score (nSPS) is 11.0. The van der Waals surface area contributed by atoms with Crippen LogP contribution in [0.2, 0.25) is 0 Å². The largest absolute Gasteiger partial charge is 0.330 e. The van der Waals surface area contributed by atoms with Gasteiger partial charge in [-0.2, -0.15) is 10.2 Å². The third kappa shape index (κ3) is 5.03. The standard InChI is InChI=1S/C21H14F6N6S/c22-12-3-1-11(2-4-12)8-33-9-13(7-28-33)29-21(34)30-15-5-6-32(31-15)10-14-16(23)18(25)20(27)19(26)17(14)24/h1-7,9H,8,10H2,(H2,29,30,31,34). The first kappa shape index (κ1) is 23.3. The minimum atomic E-state index is -2.22. The number of rotatable bonds is 6. The third-order valence-electron chi connectivity index (χ3n) is 4.65. The molecule has 2 N–H and O–H groups in total. The Morgan fingerprint density at radius 2 is 1.44 bits per heavy atom. The van der Waals surface area contributed by atoms with Gasteiger partial charge in [0.05, 0.1) is 30.5 Å². The second kappa shape index (κ2) is 9.55. The zero-order valence-electron chi connectivity index (χ0n) is 17.0. The molecule has 6 nitrogen and oxygen atoms in total. The Kier molecular flexibility index (Phi) is 6.54. The van der Waals surface area contributed by atoms with Gasteiger partial charge in [0.15, 0.2) is 34.2 Å². The van der Waals surface area contributed by atoms with E-state index in [0.29, 0.717) is 12.2 Å². The number of benzene rings is 2. The minimum absolute atomic E-state index is 0.114. The van der Waals surface area contributed by atoms with Gasteiger partial charge in [0.1, 0.15) is 5.82 Å². The summed E-state index contributed by atoms with van der Waals surface area (Å²) in [6.45, 7) is -0.284. The second-order valence-corrected chi connectivity index (χ2v) is 7.49. The molecule has 2 aromatic carbocycles. The summed E-state index contributed by atoms with van der Waals surface area (Å²) in [6.07, 6.45) is 4.46. The molecule has 4 aromatic rings. The number of nitrogens with one attached hydrogen (secondary N) is 2. The average Bonchev–Trinajstić information content (AvgIpc) is 3.44. The fraction of sp³-hybridized carbons (Fsp3) is 0.0952. The minimum Gasteiger partial charge on any atom is -0.330 e. The molecular formula is C21H14F6N6S. The van der Waals surface area contributed by atoms with E-state index in [-0.39, 0.29) is 16.7 Å². The molecule has 176 valence electrons. The van der Waals surface area contributed by atoms with Crippen molar-refractivity contribution >= 4 is 28.8 Å². The SMILES string of the molecule is Fc1ccc(Cn2cc(NC(=S)Nc3ccn(Cc4c(F)c(F)c(F)c(F)c4F)n3)cn2)cc1. The first-order valence-corrected chi connectivity index (χ1v) is 10.0. The van der Waals surface area contributed by atoms with Crippen LogP contribution in [0.15, 0.2) is 48.9 Å². The highest BCUT2D eigenvalue weighted by atomic mass is 32.1. The van der Waals surface area contributed by atoms with Gasteiger partial charge in [0.2, 0.25) is 5.82 Å². The van der Waals surface area contributed by atoms with Crippen LogP contribution in [0, 0.1) is 34.9 Å². The van der Waals surface area contributed by atoms with Gasteiger partial charge < -0.3 is 10.6 Å². The molecule has 0 spiro atoms. The number of thiocarbonyl (C=S) groups is 1. The van der Waals surface area contributed by atoms with Crippen LogP contribution in [-0.2, 0) is 13.1 Å². The maximum absolute atomic E-state index is 13.9. The van der Waals surface area contributed by atoms with Crippen molar-refractivity contribution in [3.8, 4) is 0 Å². The quantitative estimate of drug-likeness (QED) is 0.174. The van der Waals surface area contributed by atoms with Crippen LogP contribution in [0.25, 0.3) is 0 Å². The molecule has 0 atom stereocenters. The lowest BCUT2D eigenvalue weighted by molar-refractivity contribution is 0.367. The van der Waals surface area contributed by atoms with Crippen LogP contribution in [0.1, 0.15) is 11.1 Å². The predicted octanol–water partition coefficient (Wildman–Crippen LogP) is 4.82. The Bertz CT molecular complexity index is 1320. The zero-order chi connectivity index (χ0) is 24.4. The maximum atomic E-state index is 13.9. The molecule has 0 aliphatic heterocycles. The molecule has 4 rings (SSSR count). The van der Waals surface area contributed by atoms with Gasteiger partial charge in [-0.05, 0) is 29.9 Å². The summed E-state index contributed by atoms with van der Waals surface area (Å²) in [5.41, 5.74) is 0.372. The number of anilines is 2. The van der Waals surface area contributed by atoms with Crippen LogP contribution in [0.4, 0.5) is 37.8 Å². The lowest BCUT2D eigenvalue weighted by Gasteiger charge is -2.09. The molecule has 2 heterocycles. The third-order valence-corrected chi connectivity index (χ3v) is 4.86. The van der Waals surface area contributed by atoms with Crippen molar-refractivity contribution in [3.05, 3.63) is 95.0 Å². The topological polar surface area (TPSA) is 59.7 Å². The van der Waals surface area contributed by atoms with E-state index >= 15 is 0 Å². The van der Waals surface area contributed by atoms with Crippen LogP contribution >= 0.6 is 12.2 Å². The van der Waals surface area contributed by atoms with Crippen molar-refractivity contribution in [2.24, 2.45) is 0 Å². The Morgan fingerprint density at radius 1 is 0.794 bits per heavy atom. The summed E-state index contributed by atoms with van der Waals surface area (Å²) in [5.74, 6) is -10.3. The smallest absolute Gasteiger partial charge is 0.200 e. The molecule has 0 aliphatic carbocycles. The summed E-state index contributed by atoms with van der Waals surface area (Å²) in [5, 5.41) is 13.9. The van der Waals surface area contributed by atoms with Gasteiger partial charge in [-0.3, -0.25) is 9.36 Å². The van der Waals surface area contributed by atoms with Crippen LogP contribution in [-0.4, -0.2) is 24.7 Å². The molecule has 2 aromatic heterocycles. The lowest BCUT2D eigenvalue weighted by Crippen LogP contribution is -2.19. The van der Waals surface area contributed by atoms with E-state index in [1.165, 1.54) is 30.6 Å². The first-order chi connectivity index (χ1) is 16.2. The van der Waals surface area contributed by atoms with E-state index in [1.807, 2.05) is 0 Å². The van der Waals surface area contributed by atoms with Crippen molar-refractivity contribution in [2.45, 2.75) is 13.1 Å². The highest BCUT2D eigenvalue weighted by Gasteiger charge is 2.25. The summed E-state index contributed by atoms with van der Waals surface area (Å²) in [6, 6.07) is 7.38. The van der Waals surface area contributed by atoms with Crippen molar-refractivity contribution in [2.75, 3.05) is 10.6 Å². The Balaban J connectivity index is 1.37. The molecule has 0 unspecified atom stereocenters. The fourth-order valence-electron chi connectivity index (χ4n) is 3.04. The maximum Gasteiger partial charge on any atom is 0.200 e. The summed E-state index contributed by atoms with van der Waals surface area (Å²) >= 11 is 5.19. The highest BCUT2D eigenvalue weighted by molar-refractivity contribution is 7.80. The second-order valence-electron chi connectivity index (χ2n) is 7.08. The van der Waals surface area contributed by atoms with E-state index in [9.17, 15) is 26.3 Å². The molecule has 0 saturated carbocycles. The molecule has 0 amide bonds. The van der Waals surface area contributed by atoms with Gasteiger partial charge in [0, 0.05) is 18.5 Å². The van der Waals surface area contributed by atoms with Crippen LogP contribution in [0.3, 0.4) is 0 Å². The van der Waals surface area contributed by atoms with Crippen LogP contribution < -0.4 is 10.6 Å². The predicted molar refractivity (Wildman–Crippen MR) is 115 cm³/mol. The van der Waals surface area contributed by atoms with Gasteiger partial charge in [-0.25, -0.2) is 26.3 Å². The van der Waals surface area contributed by atoms with E-state index < -0.39 is 41.2 Å². The fourth-order valence-corrected chi connectivity index (χ4v) is 3.26. The molecular weight excluding hydrogens is 482 g/mol. The molecule has 0 fully saturated rings. The molecule has 13 heteroatoms. The lowest BCUT2D eigenvalue weighted by atomic mass is 10.1. The van der Waals surface area contributed by atoms with Gasteiger partial charge in [-0.1, -0.05) is 12.1 Å². The first-order valence-electron chi connectivity index (χ1n) is 9.60. The van der Waals surface area contributed by atoms with Gasteiger partial charge >= 0.3 is 0 Å². The highest BCUT2D eigenvalue weighted by Crippen LogP contribution is 2.24. The molecule has 34 heavy (non-hydrogen) atoms. The molecule has 0 aliphatic rings. The van der Waals surface area contributed by atoms with Crippen molar-refractivity contribution in [1.82, 2.24) is 19.6 Å². The number of hydrogen-bond acceptors (Lipinski definition) is 3. The number of nitrogens with zero attached hydrogens (tertiary/aromatic N) is 4. The average molecular weight is 496 g/mol. The van der Waals surface area contributed by atoms with Gasteiger partial charge in [0.25, 0.3) is 0 Å². The molecule has 0 saturated heterocycles. The van der Waals surface area contributed by atoms with Crippen molar-refractivity contribution < 1.29 is 26.3 Å². The Morgan fingerprint density at radius 3 is 2.12 bits per heavy atom. The summed E-state index contributed by atoms with van der Waals surface area (Å²) in [4.78, 5) is 0. The van der Waals surface area contributed by atoms with E-state index in [1.54, 1.807) is 23.0 Å². The van der Waals surface area contributed by atoms with Crippen molar-refractivity contribution in [3.63, 3.8) is 0 Å². The molecule has 0 bridgehead atoms. The number of aromatic nitrogens is 4. The van der Waals surface area contributed by atoms with E-state index in [4.69, 9.17) is 12.2 Å². The van der Waals surface area contributed by atoms with E-state index in [2.05, 4.69) is 20.8 Å². The number of halogens is 6. The molecule has 0 radical (unpaired) electrons. The van der Waals surface area contributed by atoms with Crippen molar-refractivity contribution in [1.29, 1.82) is 0 Å². The van der Waals surface area contributed by atoms with E-state index in [0.717, 1.165) is 10.2 Å². The van der Waals surface area contributed by atoms with Gasteiger partial charge in [-0.15, -0.1) is 0 Å².